The summed E-state index contributed by atoms with van der Waals surface area (Å²) in [7, 11) is 0. The lowest BCUT2D eigenvalue weighted by Gasteiger charge is -2.38. The Morgan fingerprint density at radius 2 is 2.04 bits per heavy atom. The molecule has 1 aliphatic heterocycles. The van der Waals surface area contributed by atoms with Gasteiger partial charge in [-0.05, 0) is 37.8 Å². The molecule has 0 aliphatic carbocycles. The molecular formula is C18H30N2O3. The molecule has 0 radical (unpaired) electrons. The molecule has 130 valence electrons. The minimum absolute atomic E-state index is 0.203. The predicted octanol–water partition coefficient (Wildman–Crippen LogP) is 1.55. The topological polar surface area (TPSA) is 65.0 Å². The van der Waals surface area contributed by atoms with E-state index in [9.17, 15) is 10.2 Å². The van der Waals surface area contributed by atoms with Gasteiger partial charge in [0.2, 0.25) is 6.41 Å². The minimum Gasteiger partial charge on any atom is -0.393 e. The predicted molar refractivity (Wildman–Crippen MR) is 90.7 cm³/mol. The first-order chi connectivity index (χ1) is 11.0. The van der Waals surface area contributed by atoms with E-state index < -0.39 is 12.5 Å². The number of ether oxygens (including phenoxy) is 1. The van der Waals surface area contributed by atoms with Gasteiger partial charge < -0.3 is 14.9 Å². The summed E-state index contributed by atoms with van der Waals surface area (Å²) in [6.45, 7) is 7.18. The summed E-state index contributed by atoms with van der Waals surface area (Å²) in [5, 5.41) is 22.4. The van der Waals surface area contributed by atoms with E-state index in [4.69, 9.17) is 4.74 Å². The lowest BCUT2D eigenvalue weighted by Crippen LogP contribution is -2.53. The van der Waals surface area contributed by atoms with E-state index in [-0.39, 0.29) is 6.04 Å². The molecule has 5 heteroatoms. The zero-order valence-electron chi connectivity index (χ0n) is 14.2. The molecule has 0 amide bonds. The lowest BCUT2D eigenvalue weighted by atomic mass is 9.93. The summed E-state index contributed by atoms with van der Waals surface area (Å²) in [4.78, 5) is 2.41. The van der Waals surface area contributed by atoms with Crippen molar-refractivity contribution in [1.29, 1.82) is 0 Å². The van der Waals surface area contributed by atoms with Gasteiger partial charge >= 0.3 is 0 Å². The number of aliphatic hydroxyl groups is 2. The molecule has 1 aromatic carbocycles. The van der Waals surface area contributed by atoms with Crippen molar-refractivity contribution in [2.24, 2.45) is 5.92 Å². The highest BCUT2D eigenvalue weighted by Crippen LogP contribution is 2.19. The number of piperidine rings is 1. The fourth-order valence-corrected chi connectivity index (χ4v) is 2.92. The van der Waals surface area contributed by atoms with Crippen LogP contribution >= 0.6 is 0 Å². The quantitative estimate of drug-likeness (QED) is 0.634. The van der Waals surface area contributed by atoms with Crippen LogP contribution in [0.15, 0.2) is 30.3 Å². The van der Waals surface area contributed by atoms with Gasteiger partial charge in [0.15, 0.2) is 0 Å². The summed E-state index contributed by atoms with van der Waals surface area (Å²) in [6, 6.07) is 10.7. The molecular weight excluding hydrogens is 292 g/mol. The summed E-state index contributed by atoms with van der Waals surface area (Å²) in [6.07, 6.45) is 0.249. The normalized spacial score (nSPS) is 25.2. The fourth-order valence-electron chi connectivity index (χ4n) is 2.92. The molecule has 2 unspecified atom stereocenters. The number of rotatable bonds is 8. The molecule has 3 N–H and O–H groups in total. The Hall–Kier alpha value is -0.980. The van der Waals surface area contributed by atoms with Gasteiger partial charge in [0.25, 0.3) is 0 Å². The van der Waals surface area contributed by atoms with Crippen molar-refractivity contribution in [3.63, 3.8) is 0 Å². The van der Waals surface area contributed by atoms with Crippen LogP contribution in [0.3, 0.4) is 0 Å². The third kappa shape index (κ3) is 6.57. The molecule has 0 bridgehead atoms. The summed E-state index contributed by atoms with van der Waals surface area (Å²) in [5.41, 5.74) is 1.31. The molecule has 1 heterocycles. The molecule has 1 fully saturated rings. The maximum atomic E-state index is 9.97. The highest BCUT2D eigenvalue weighted by Gasteiger charge is 2.27. The second-order valence-corrected chi connectivity index (χ2v) is 6.62. The van der Waals surface area contributed by atoms with E-state index in [0.29, 0.717) is 18.9 Å². The number of hydrogen-bond donors (Lipinski definition) is 3. The molecule has 4 atom stereocenters. The highest BCUT2D eigenvalue weighted by molar-refractivity contribution is 5.14. The summed E-state index contributed by atoms with van der Waals surface area (Å²) < 4.78 is 5.32. The number of likely N-dealkylation sites (tertiary alicyclic amines) is 1. The molecule has 23 heavy (non-hydrogen) atoms. The first kappa shape index (κ1) is 18.4. The van der Waals surface area contributed by atoms with Gasteiger partial charge in [0.1, 0.15) is 0 Å². The van der Waals surface area contributed by atoms with E-state index in [0.717, 1.165) is 26.1 Å². The molecule has 2 rings (SSSR count). The fraction of sp³-hybridized carbons (Fsp3) is 0.667. The molecule has 0 spiro atoms. The van der Waals surface area contributed by atoms with E-state index in [1.54, 1.807) is 6.92 Å². The van der Waals surface area contributed by atoms with Gasteiger partial charge in [-0.25, -0.2) is 0 Å². The van der Waals surface area contributed by atoms with Crippen LogP contribution < -0.4 is 5.32 Å². The van der Waals surface area contributed by atoms with Crippen molar-refractivity contribution in [3.05, 3.63) is 35.9 Å². The van der Waals surface area contributed by atoms with Crippen LogP contribution in [0.2, 0.25) is 0 Å². The SMILES string of the molecule is CC(O)CCOC(O)N[C@H]1CN(Cc2ccccc2)CC[C@H]1C. The van der Waals surface area contributed by atoms with Crippen LogP contribution in [0.1, 0.15) is 32.3 Å². The molecule has 0 aromatic heterocycles. The number of aliphatic hydroxyl groups excluding tert-OH is 2. The maximum Gasteiger partial charge on any atom is 0.213 e. The van der Waals surface area contributed by atoms with Gasteiger partial charge in [0.05, 0.1) is 12.7 Å². The van der Waals surface area contributed by atoms with Gasteiger partial charge in [-0.3, -0.25) is 10.2 Å². The number of nitrogens with zero attached hydrogens (tertiary/aromatic N) is 1. The van der Waals surface area contributed by atoms with Crippen molar-refractivity contribution in [3.8, 4) is 0 Å². The summed E-state index contributed by atoms with van der Waals surface area (Å²) in [5.74, 6) is 0.497. The lowest BCUT2D eigenvalue weighted by molar-refractivity contribution is -0.136. The standard InChI is InChI=1S/C18H30N2O3/c1-14-8-10-20(12-16-6-4-3-5-7-16)13-17(14)19-18(22)23-11-9-15(2)21/h3-7,14-15,17-19,21-22H,8-13H2,1-2H3/t14-,15?,17+,18?/m1/s1. The molecule has 1 aliphatic rings. The Kier molecular flexibility index (Phi) is 7.46. The second-order valence-electron chi connectivity index (χ2n) is 6.62. The minimum atomic E-state index is -0.974. The van der Waals surface area contributed by atoms with Crippen molar-refractivity contribution < 1.29 is 14.9 Å². The Morgan fingerprint density at radius 3 is 2.74 bits per heavy atom. The van der Waals surface area contributed by atoms with Gasteiger partial charge in [-0.1, -0.05) is 37.3 Å². The number of nitrogens with one attached hydrogen (secondary N) is 1. The Labute approximate surface area is 139 Å². The third-order valence-electron chi connectivity index (χ3n) is 4.46. The van der Waals surface area contributed by atoms with Crippen LogP contribution in [0.5, 0.6) is 0 Å². The molecule has 1 aromatic rings. The Balaban J connectivity index is 1.78. The summed E-state index contributed by atoms with van der Waals surface area (Å²) >= 11 is 0. The van der Waals surface area contributed by atoms with Gasteiger partial charge in [-0.2, -0.15) is 0 Å². The van der Waals surface area contributed by atoms with Crippen LogP contribution in [0, 0.1) is 5.92 Å². The van der Waals surface area contributed by atoms with Crippen molar-refractivity contribution in [2.45, 2.75) is 51.8 Å². The molecule has 1 saturated heterocycles. The van der Waals surface area contributed by atoms with E-state index >= 15 is 0 Å². The average Bonchev–Trinajstić information content (AvgIpc) is 2.51. The average molecular weight is 322 g/mol. The van der Waals surface area contributed by atoms with Crippen molar-refractivity contribution in [1.82, 2.24) is 10.2 Å². The second kappa shape index (κ2) is 9.35. The third-order valence-corrected chi connectivity index (χ3v) is 4.46. The van der Waals surface area contributed by atoms with Crippen LogP contribution in [0.25, 0.3) is 0 Å². The zero-order valence-corrected chi connectivity index (χ0v) is 14.2. The molecule has 0 saturated carbocycles. The highest BCUT2D eigenvalue weighted by atomic mass is 16.6. The van der Waals surface area contributed by atoms with Gasteiger partial charge in [-0.15, -0.1) is 0 Å². The number of benzene rings is 1. The van der Waals surface area contributed by atoms with E-state index in [1.165, 1.54) is 5.56 Å². The monoisotopic (exact) mass is 322 g/mol. The zero-order chi connectivity index (χ0) is 16.7. The largest absolute Gasteiger partial charge is 0.393 e. The van der Waals surface area contributed by atoms with Crippen LogP contribution in [-0.2, 0) is 11.3 Å². The van der Waals surface area contributed by atoms with Gasteiger partial charge in [0, 0.05) is 19.1 Å². The van der Waals surface area contributed by atoms with Crippen molar-refractivity contribution >= 4 is 0 Å². The van der Waals surface area contributed by atoms with Crippen LogP contribution in [0.4, 0.5) is 0 Å². The maximum absolute atomic E-state index is 9.97. The van der Waals surface area contributed by atoms with E-state index in [2.05, 4.69) is 41.4 Å². The smallest absolute Gasteiger partial charge is 0.213 e. The van der Waals surface area contributed by atoms with E-state index in [1.807, 2.05) is 6.07 Å². The first-order valence-corrected chi connectivity index (χ1v) is 8.54. The number of hydrogen-bond acceptors (Lipinski definition) is 5. The Morgan fingerprint density at radius 1 is 1.30 bits per heavy atom. The molecule has 5 nitrogen and oxygen atoms in total. The van der Waals surface area contributed by atoms with Crippen molar-refractivity contribution in [2.75, 3.05) is 19.7 Å². The Bertz CT molecular complexity index is 441. The van der Waals surface area contributed by atoms with Crippen LogP contribution in [-0.4, -0.2) is 53.4 Å². The first-order valence-electron chi connectivity index (χ1n) is 8.54.